The molecule has 0 saturated carbocycles. The maximum absolute atomic E-state index is 11.7. The van der Waals surface area contributed by atoms with Crippen molar-refractivity contribution >= 4 is 17.0 Å². The normalized spacial score (nSPS) is 10.8. The number of carbonyl (C=O) groups excluding carboxylic acids is 1. The number of amides is 1. The summed E-state index contributed by atoms with van der Waals surface area (Å²) in [6, 6.07) is 7.49. The van der Waals surface area contributed by atoms with Crippen LogP contribution in [-0.2, 0) is 17.9 Å². The molecule has 0 fully saturated rings. The highest BCUT2D eigenvalue weighted by Crippen LogP contribution is 2.14. The fourth-order valence-corrected chi connectivity index (χ4v) is 1.82. The predicted molar refractivity (Wildman–Crippen MR) is 70.5 cm³/mol. The molecule has 0 spiro atoms. The van der Waals surface area contributed by atoms with Crippen molar-refractivity contribution in [1.82, 2.24) is 25.1 Å². The van der Waals surface area contributed by atoms with E-state index < -0.39 is 0 Å². The van der Waals surface area contributed by atoms with Crippen molar-refractivity contribution in [1.29, 1.82) is 0 Å². The molecule has 0 radical (unpaired) electrons. The average molecular weight is 271 g/mol. The first-order valence-corrected chi connectivity index (χ1v) is 6.25. The van der Waals surface area contributed by atoms with E-state index in [1.807, 2.05) is 24.3 Å². The molecule has 2 heterocycles. The third kappa shape index (κ3) is 2.82. The van der Waals surface area contributed by atoms with Crippen LogP contribution in [0.3, 0.4) is 0 Å². The summed E-state index contributed by atoms with van der Waals surface area (Å²) in [4.78, 5) is 19.8. The molecule has 0 unspecified atom stereocenters. The van der Waals surface area contributed by atoms with Crippen LogP contribution in [0.15, 0.2) is 41.3 Å². The number of fused-ring (bicyclic) bond motifs is 1. The van der Waals surface area contributed by atoms with E-state index in [1.165, 1.54) is 6.33 Å². The molecule has 20 heavy (non-hydrogen) atoms. The SMILES string of the molecule is O=C(CCn1cncn1)NCc1nc2ccccc2o1. The Labute approximate surface area is 114 Å². The number of para-hydroxylation sites is 2. The molecule has 7 heteroatoms. The summed E-state index contributed by atoms with van der Waals surface area (Å²) >= 11 is 0. The minimum absolute atomic E-state index is 0.0808. The van der Waals surface area contributed by atoms with Crippen molar-refractivity contribution < 1.29 is 9.21 Å². The Kier molecular flexibility index (Phi) is 3.40. The zero-order valence-corrected chi connectivity index (χ0v) is 10.7. The summed E-state index contributed by atoms with van der Waals surface area (Å²) in [6.45, 7) is 0.782. The molecule has 102 valence electrons. The van der Waals surface area contributed by atoms with Gasteiger partial charge >= 0.3 is 0 Å². The second-order valence-corrected chi connectivity index (χ2v) is 4.26. The number of benzene rings is 1. The molecule has 0 aliphatic heterocycles. The van der Waals surface area contributed by atoms with E-state index in [9.17, 15) is 4.79 Å². The van der Waals surface area contributed by atoms with Crippen molar-refractivity contribution in [2.45, 2.75) is 19.5 Å². The molecule has 2 aromatic heterocycles. The van der Waals surface area contributed by atoms with Crippen LogP contribution in [0.25, 0.3) is 11.1 Å². The minimum atomic E-state index is -0.0808. The van der Waals surface area contributed by atoms with E-state index in [0.29, 0.717) is 18.9 Å². The lowest BCUT2D eigenvalue weighted by Crippen LogP contribution is -2.24. The van der Waals surface area contributed by atoms with Gasteiger partial charge in [-0.1, -0.05) is 12.1 Å². The van der Waals surface area contributed by atoms with Gasteiger partial charge in [0.1, 0.15) is 18.2 Å². The monoisotopic (exact) mass is 271 g/mol. The van der Waals surface area contributed by atoms with Crippen LogP contribution in [0, 0.1) is 0 Å². The highest BCUT2D eigenvalue weighted by atomic mass is 16.3. The number of oxazole rings is 1. The zero-order valence-electron chi connectivity index (χ0n) is 10.7. The number of nitrogens with zero attached hydrogens (tertiary/aromatic N) is 4. The fourth-order valence-electron chi connectivity index (χ4n) is 1.82. The standard InChI is InChI=1S/C13H13N5O2/c19-12(5-6-18-9-14-8-16-18)15-7-13-17-10-3-1-2-4-11(10)20-13/h1-4,8-9H,5-7H2,(H,15,19). The molecule has 1 aromatic carbocycles. The van der Waals surface area contributed by atoms with Crippen molar-refractivity contribution in [3.63, 3.8) is 0 Å². The van der Waals surface area contributed by atoms with E-state index in [4.69, 9.17) is 4.42 Å². The van der Waals surface area contributed by atoms with Crippen molar-refractivity contribution in [3.05, 3.63) is 42.8 Å². The second kappa shape index (κ2) is 5.52. The molecule has 1 amide bonds. The van der Waals surface area contributed by atoms with Crippen LogP contribution in [0.5, 0.6) is 0 Å². The topological polar surface area (TPSA) is 85.8 Å². The van der Waals surface area contributed by atoms with Gasteiger partial charge in [0.05, 0.1) is 13.1 Å². The quantitative estimate of drug-likeness (QED) is 0.751. The van der Waals surface area contributed by atoms with Crippen LogP contribution in [-0.4, -0.2) is 25.7 Å². The highest BCUT2D eigenvalue weighted by Gasteiger charge is 2.07. The number of nitrogens with one attached hydrogen (secondary N) is 1. The van der Waals surface area contributed by atoms with Gasteiger partial charge in [0, 0.05) is 6.42 Å². The molecule has 0 atom stereocenters. The Bertz CT molecular complexity index is 671. The van der Waals surface area contributed by atoms with E-state index >= 15 is 0 Å². The van der Waals surface area contributed by atoms with Crippen LogP contribution < -0.4 is 5.32 Å². The average Bonchev–Trinajstić information content (AvgIpc) is 3.11. The Hall–Kier alpha value is -2.70. The highest BCUT2D eigenvalue weighted by molar-refractivity contribution is 5.76. The lowest BCUT2D eigenvalue weighted by molar-refractivity contribution is -0.121. The number of carbonyl (C=O) groups is 1. The van der Waals surface area contributed by atoms with E-state index in [1.54, 1.807) is 11.0 Å². The van der Waals surface area contributed by atoms with Gasteiger partial charge in [-0.25, -0.2) is 9.97 Å². The Morgan fingerprint density at radius 3 is 3.05 bits per heavy atom. The van der Waals surface area contributed by atoms with Gasteiger partial charge in [0.2, 0.25) is 11.8 Å². The number of hydrogen-bond acceptors (Lipinski definition) is 5. The minimum Gasteiger partial charge on any atom is -0.439 e. The molecule has 0 aliphatic rings. The zero-order chi connectivity index (χ0) is 13.8. The fraction of sp³-hybridized carbons (Fsp3) is 0.231. The van der Waals surface area contributed by atoms with Crippen LogP contribution in [0.2, 0.25) is 0 Å². The lowest BCUT2D eigenvalue weighted by atomic mass is 10.3. The maximum Gasteiger partial charge on any atom is 0.222 e. The molecule has 0 aliphatic carbocycles. The first-order chi connectivity index (χ1) is 9.81. The number of aromatic nitrogens is 4. The molecule has 1 N–H and O–H groups in total. The van der Waals surface area contributed by atoms with Crippen molar-refractivity contribution in [3.8, 4) is 0 Å². The Balaban J connectivity index is 1.52. The van der Waals surface area contributed by atoms with E-state index in [0.717, 1.165) is 11.1 Å². The Morgan fingerprint density at radius 2 is 2.25 bits per heavy atom. The maximum atomic E-state index is 11.7. The van der Waals surface area contributed by atoms with Gasteiger partial charge in [-0.3, -0.25) is 9.48 Å². The molecule has 0 bridgehead atoms. The first kappa shape index (κ1) is 12.3. The molecular weight excluding hydrogens is 258 g/mol. The summed E-state index contributed by atoms with van der Waals surface area (Å²) in [5, 5.41) is 6.70. The van der Waals surface area contributed by atoms with Gasteiger partial charge < -0.3 is 9.73 Å². The summed E-state index contributed by atoms with van der Waals surface area (Å²) in [5.74, 6) is 0.420. The lowest BCUT2D eigenvalue weighted by Gasteiger charge is -2.02. The van der Waals surface area contributed by atoms with E-state index in [2.05, 4.69) is 20.4 Å². The number of hydrogen-bond donors (Lipinski definition) is 1. The third-order valence-electron chi connectivity index (χ3n) is 2.81. The predicted octanol–water partition coefficient (Wildman–Crippen LogP) is 1.13. The summed E-state index contributed by atoms with van der Waals surface area (Å²) in [7, 11) is 0. The van der Waals surface area contributed by atoms with Gasteiger partial charge in [-0.2, -0.15) is 5.10 Å². The second-order valence-electron chi connectivity index (χ2n) is 4.26. The van der Waals surface area contributed by atoms with Crippen molar-refractivity contribution in [2.75, 3.05) is 0 Å². The largest absolute Gasteiger partial charge is 0.439 e. The Morgan fingerprint density at radius 1 is 1.35 bits per heavy atom. The summed E-state index contributed by atoms with van der Waals surface area (Å²) in [5.41, 5.74) is 1.51. The van der Waals surface area contributed by atoms with Gasteiger partial charge in [0.25, 0.3) is 0 Å². The van der Waals surface area contributed by atoms with Crippen molar-refractivity contribution in [2.24, 2.45) is 0 Å². The van der Waals surface area contributed by atoms with Gasteiger partial charge in [0.15, 0.2) is 5.58 Å². The van der Waals surface area contributed by atoms with Crippen LogP contribution in [0.4, 0.5) is 0 Å². The molecule has 3 aromatic rings. The molecular formula is C13H13N5O2. The van der Waals surface area contributed by atoms with Gasteiger partial charge in [-0.05, 0) is 12.1 Å². The summed E-state index contributed by atoms with van der Waals surface area (Å²) < 4.78 is 7.13. The molecule has 3 rings (SSSR count). The third-order valence-corrected chi connectivity index (χ3v) is 2.81. The number of aryl methyl sites for hydroxylation is 1. The summed E-state index contributed by atoms with van der Waals surface area (Å²) in [6.07, 6.45) is 3.36. The first-order valence-electron chi connectivity index (χ1n) is 6.25. The molecule has 0 saturated heterocycles. The smallest absolute Gasteiger partial charge is 0.222 e. The van der Waals surface area contributed by atoms with E-state index in [-0.39, 0.29) is 12.5 Å². The number of rotatable bonds is 5. The molecule has 7 nitrogen and oxygen atoms in total. The van der Waals surface area contributed by atoms with Crippen LogP contribution in [0.1, 0.15) is 12.3 Å². The van der Waals surface area contributed by atoms with Gasteiger partial charge in [-0.15, -0.1) is 0 Å². The van der Waals surface area contributed by atoms with Crippen LogP contribution >= 0.6 is 0 Å².